The molecule has 2 aromatic rings. The number of aryl methyl sites for hydroxylation is 2. The number of nitrogens with zero attached hydrogens (tertiary/aromatic N) is 4. The fourth-order valence-corrected chi connectivity index (χ4v) is 1.50. The largest absolute Gasteiger partial charge is 0.368 e. The van der Waals surface area contributed by atoms with Crippen molar-refractivity contribution in [3.63, 3.8) is 0 Å². The minimum Gasteiger partial charge on any atom is -0.368 e. The fourth-order valence-electron chi connectivity index (χ4n) is 1.50. The van der Waals surface area contributed by atoms with E-state index in [0.717, 1.165) is 23.5 Å². The number of hydrogen-bond acceptors (Lipinski definition) is 4. The van der Waals surface area contributed by atoms with Crippen LogP contribution in [0.4, 0.5) is 5.95 Å². The molecule has 2 heterocycles. The smallest absolute Gasteiger partial charge is 0.220 e. The molecule has 0 fully saturated rings. The van der Waals surface area contributed by atoms with Crippen LogP contribution in [0.3, 0.4) is 0 Å². The zero-order chi connectivity index (χ0) is 10.8. The second kappa shape index (κ2) is 3.68. The van der Waals surface area contributed by atoms with E-state index in [0.29, 0.717) is 5.95 Å². The number of hydrogen-bond donors (Lipinski definition) is 1. The highest BCUT2D eigenvalue weighted by Gasteiger charge is 2.09. The third-order valence-electron chi connectivity index (χ3n) is 2.25. The topological polar surface area (TPSA) is 69.6 Å². The van der Waals surface area contributed by atoms with Gasteiger partial charge in [-0.2, -0.15) is 5.10 Å². The summed E-state index contributed by atoms with van der Waals surface area (Å²) in [4.78, 5) is 8.17. The summed E-state index contributed by atoms with van der Waals surface area (Å²) < 4.78 is 1.88. The molecule has 15 heavy (non-hydrogen) atoms. The Kier molecular flexibility index (Phi) is 2.37. The van der Waals surface area contributed by atoms with Gasteiger partial charge in [0.1, 0.15) is 0 Å². The summed E-state index contributed by atoms with van der Waals surface area (Å²) in [5.74, 6) is 0.291. The molecule has 2 N–H and O–H groups in total. The molecule has 0 atom stereocenters. The first kappa shape index (κ1) is 9.64. The van der Waals surface area contributed by atoms with Crippen molar-refractivity contribution >= 4 is 5.95 Å². The lowest BCUT2D eigenvalue weighted by atomic mass is 10.2. The Labute approximate surface area is 88.0 Å². The summed E-state index contributed by atoms with van der Waals surface area (Å²) in [5, 5.41) is 4.20. The third kappa shape index (κ3) is 1.68. The van der Waals surface area contributed by atoms with E-state index in [1.165, 1.54) is 0 Å². The van der Waals surface area contributed by atoms with Crippen LogP contribution < -0.4 is 5.73 Å². The van der Waals surface area contributed by atoms with E-state index in [4.69, 9.17) is 5.73 Å². The van der Waals surface area contributed by atoms with Gasteiger partial charge in [-0.05, 0) is 25.5 Å². The molecule has 5 heteroatoms. The van der Waals surface area contributed by atoms with Crippen molar-refractivity contribution in [2.45, 2.75) is 20.4 Å². The molecule has 0 saturated heterocycles. The maximum Gasteiger partial charge on any atom is 0.220 e. The van der Waals surface area contributed by atoms with Crippen molar-refractivity contribution in [3.8, 4) is 11.4 Å². The molecule has 5 nitrogen and oxygen atoms in total. The van der Waals surface area contributed by atoms with E-state index in [2.05, 4.69) is 15.1 Å². The summed E-state index contributed by atoms with van der Waals surface area (Å²) in [6.07, 6.45) is 3.49. The molecule has 0 aliphatic rings. The van der Waals surface area contributed by atoms with Crippen LogP contribution in [0.25, 0.3) is 11.4 Å². The second-order valence-corrected chi connectivity index (χ2v) is 3.29. The van der Waals surface area contributed by atoms with Crippen molar-refractivity contribution in [1.29, 1.82) is 0 Å². The van der Waals surface area contributed by atoms with Gasteiger partial charge in [0.2, 0.25) is 5.95 Å². The van der Waals surface area contributed by atoms with Crippen LogP contribution in [-0.4, -0.2) is 19.7 Å². The van der Waals surface area contributed by atoms with Gasteiger partial charge in [0.25, 0.3) is 0 Å². The number of aromatic nitrogens is 4. The van der Waals surface area contributed by atoms with Crippen LogP contribution in [0, 0.1) is 6.92 Å². The summed E-state index contributed by atoms with van der Waals surface area (Å²) in [7, 11) is 0. The van der Waals surface area contributed by atoms with Crippen molar-refractivity contribution in [2.75, 3.05) is 5.73 Å². The zero-order valence-corrected chi connectivity index (χ0v) is 8.81. The summed E-state index contributed by atoms with van der Waals surface area (Å²) in [5.41, 5.74) is 8.40. The van der Waals surface area contributed by atoms with E-state index < -0.39 is 0 Å². The van der Waals surface area contributed by atoms with E-state index in [1.54, 1.807) is 12.4 Å². The number of nitrogens with two attached hydrogens (primary N) is 1. The Morgan fingerprint density at radius 3 is 3.00 bits per heavy atom. The Balaban J connectivity index is 2.58. The minimum absolute atomic E-state index is 0.291. The molecular weight excluding hydrogens is 190 g/mol. The number of rotatable bonds is 2. The highest BCUT2D eigenvalue weighted by Crippen LogP contribution is 2.20. The Morgan fingerprint density at radius 2 is 2.27 bits per heavy atom. The lowest BCUT2D eigenvalue weighted by molar-refractivity contribution is 0.665. The van der Waals surface area contributed by atoms with Crippen LogP contribution in [0.5, 0.6) is 0 Å². The van der Waals surface area contributed by atoms with Gasteiger partial charge < -0.3 is 5.73 Å². The minimum atomic E-state index is 0.291. The lowest BCUT2D eigenvalue weighted by Crippen LogP contribution is -2.03. The van der Waals surface area contributed by atoms with Crippen LogP contribution in [0.15, 0.2) is 18.5 Å². The van der Waals surface area contributed by atoms with E-state index >= 15 is 0 Å². The molecule has 0 unspecified atom stereocenters. The van der Waals surface area contributed by atoms with Gasteiger partial charge >= 0.3 is 0 Å². The molecular formula is C10H13N5. The SMILES string of the molecule is CCn1nccc1-c1nc(N)ncc1C. The fraction of sp³-hybridized carbons (Fsp3) is 0.300. The van der Waals surface area contributed by atoms with E-state index in [1.807, 2.05) is 24.6 Å². The van der Waals surface area contributed by atoms with Gasteiger partial charge in [-0.1, -0.05) is 0 Å². The monoisotopic (exact) mass is 203 g/mol. The average Bonchev–Trinajstić information content (AvgIpc) is 2.69. The van der Waals surface area contributed by atoms with Crippen LogP contribution >= 0.6 is 0 Å². The van der Waals surface area contributed by atoms with Crippen LogP contribution in [-0.2, 0) is 6.54 Å². The number of anilines is 1. The standard InChI is InChI=1S/C10H13N5/c1-3-15-8(4-5-13-15)9-7(2)6-12-10(11)14-9/h4-6H,3H2,1-2H3,(H2,11,12,14). The normalized spacial score (nSPS) is 10.5. The molecule has 2 aromatic heterocycles. The Bertz CT molecular complexity index is 474. The van der Waals surface area contributed by atoms with Gasteiger partial charge in [0.15, 0.2) is 0 Å². The van der Waals surface area contributed by atoms with Gasteiger partial charge in [-0.3, -0.25) is 4.68 Å². The Morgan fingerprint density at radius 1 is 1.47 bits per heavy atom. The molecule has 78 valence electrons. The average molecular weight is 203 g/mol. The Hall–Kier alpha value is -1.91. The molecule has 0 amide bonds. The van der Waals surface area contributed by atoms with Gasteiger partial charge in [-0.15, -0.1) is 0 Å². The van der Waals surface area contributed by atoms with E-state index in [9.17, 15) is 0 Å². The molecule has 0 aromatic carbocycles. The molecule has 0 aliphatic carbocycles. The summed E-state index contributed by atoms with van der Waals surface area (Å²) >= 11 is 0. The molecule has 2 rings (SSSR count). The van der Waals surface area contributed by atoms with Crippen molar-refractivity contribution in [2.24, 2.45) is 0 Å². The first-order valence-corrected chi connectivity index (χ1v) is 4.83. The molecule has 0 radical (unpaired) electrons. The highest BCUT2D eigenvalue weighted by atomic mass is 15.3. The van der Waals surface area contributed by atoms with Gasteiger partial charge in [0.05, 0.1) is 11.4 Å². The predicted octanol–water partition coefficient (Wildman–Crippen LogP) is 1.25. The van der Waals surface area contributed by atoms with Crippen LogP contribution in [0.1, 0.15) is 12.5 Å². The summed E-state index contributed by atoms with van der Waals surface area (Å²) in [6.45, 7) is 4.81. The molecule has 0 saturated carbocycles. The maximum atomic E-state index is 5.57. The number of nitrogen functional groups attached to an aromatic ring is 1. The molecule has 0 spiro atoms. The first-order valence-electron chi connectivity index (χ1n) is 4.83. The molecule has 0 aliphatic heterocycles. The summed E-state index contributed by atoms with van der Waals surface area (Å²) in [6, 6.07) is 1.93. The van der Waals surface area contributed by atoms with Crippen molar-refractivity contribution in [1.82, 2.24) is 19.7 Å². The van der Waals surface area contributed by atoms with E-state index in [-0.39, 0.29) is 0 Å². The lowest BCUT2D eigenvalue weighted by Gasteiger charge is -2.06. The predicted molar refractivity (Wildman–Crippen MR) is 58.1 cm³/mol. The highest BCUT2D eigenvalue weighted by molar-refractivity contribution is 5.59. The maximum absolute atomic E-state index is 5.57. The second-order valence-electron chi connectivity index (χ2n) is 3.29. The quantitative estimate of drug-likeness (QED) is 0.797. The first-order chi connectivity index (χ1) is 7.22. The third-order valence-corrected chi connectivity index (χ3v) is 2.25. The van der Waals surface area contributed by atoms with Gasteiger partial charge in [0, 0.05) is 18.9 Å². The van der Waals surface area contributed by atoms with Crippen molar-refractivity contribution in [3.05, 3.63) is 24.0 Å². The zero-order valence-electron chi connectivity index (χ0n) is 8.81. The van der Waals surface area contributed by atoms with Crippen molar-refractivity contribution < 1.29 is 0 Å². The van der Waals surface area contributed by atoms with Gasteiger partial charge in [-0.25, -0.2) is 9.97 Å². The van der Waals surface area contributed by atoms with Crippen LogP contribution in [0.2, 0.25) is 0 Å². The molecule has 0 bridgehead atoms.